The summed E-state index contributed by atoms with van der Waals surface area (Å²) < 4.78 is 5.46. The fraction of sp³-hybridized carbons (Fsp3) is 0.379. The predicted octanol–water partition coefficient (Wildman–Crippen LogP) is 4.72. The summed E-state index contributed by atoms with van der Waals surface area (Å²) in [7, 11) is 8.14. The molecule has 1 heterocycles. The first-order valence-electron chi connectivity index (χ1n) is 12.1. The molecule has 1 aliphatic heterocycles. The topological polar surface area (TPSA) is 22.2 Å². The van der Waals surface area contributed by atoms with Crippen molar-refractivity contribution < 1.29 is 4.74 Å². The van der Waals surface area contributed by atoms with Gasteiger partial charge in [0, 0.05) is 57.2 Å². The molecule has 4 rings (SSSR count). The Labute approximate surface area is 205 Å². The Morgan fingerprint density at radius 1 is 0.735 bits per heavy atom. The molecule has 0 saturated carbocycles. The molecule has 5 heteroatoms. The molecule has 1 fully saturated rings. The summed E-state index contributed by atoms with van der Waals surface area (Å²) in [6.07, 6.45) is 0. The number of likely N-dealkylation sites (N-methyl/N-ethyl adjacent to an activating group) is 1. The standard InChI is InChI=1S/C29H38N4O/c1-30(2)21-24-8-14-28(15-9-24)33(23-26-6-5-7-29(20-26)34-4)22-25-10-12-27(13-11-25)32-18-16-31(3)17-19-32/h5-15,20H,16-19,21-23H2,1-4H3. The first kappa shape index (κ1) is 24.1. The van der Waals surface area contributed by atoms with Crippen LogP contribution in [0.2, 0.25) is 0 Å². The second-order valence-corrected chi connectivity index (χ2v) is 9.57. The van der Waals surface area contributed by atoms with Crippen molar-refractivity contribution in [3.63, 3.8) is 0 Å². The van der Waals surface area contributed by atoms with Gasteiger partial charge in [-0.1, -0.05) is 36.4 Å². The summed E-state index contributed by atoms with van der Waals surface area (Å²) in [6.45, 7) is 7.07. The van der Waals surface area contributed by atoms with E-state index in [1.54, 1.807) is 7.11 Å². The van der Waals surface area contributed by atoms with E-state index in [2.05, 4.69) is 107 Å². The zero-order valence-corrected chi connectivity index (χ0v) is 21.1. The molecular formula is C29H38N4O. The van der Waals surface area contributed by atoms with Gasteiger partial charge >= 0.3 is 0 Å². The highest BCUT2D eigenvalue weighted by atomic mass is 16.5. The van der Waals surface area contributed by atoms with E-state index in [0.29, 0.717) is 0 Å². The number of nitrogens with zero attached hydrogens (tertiary/aromatic N) is 4. The molecule has 34 heavy (non-hydrogen) atoms. The molecule has 0 aromatic heterocycles. The molecule has 0 bridgehead atoms. The Kier molecular flexibility index (Phi) is 8.09. The molecule has 0 unspecified atom stereocenters. The predicted molar refractivity (Wildman–Crippen MR) is 143 cm³/mol. The molecule has 3 aromatic rings. The van der Waals surface area contributed by atoms with Crippen LogP contribution in [0.5, 0.6) is 5.75 Å². The third-order valence-electron chi connectivity index (χ3n) is 6.49. The molecule has 0 amide bonds. The van der Waals surface area contributed by atoms with Gasteiger partial charge in [0.05, 0.1) is 7.11 Å². The van der Waals surface area contributed by atoms with Crippen molar-refractivity contribution in [1.29, 1.82) is 0 Å². The molecule has 0 N–H and O–H groups in total. The average molecular weight is 459 g/mol. The lowest BCUT2D eigenvalue weighted by Crippen LogP contribution is -2.44. The van der Waals surface area contributed by atoms with Crippen LogP contribution in [0.4, 0.5) is 11.4 Å². The normalized spacial score (nSPS) is 14.4. The van der Waals surface area contributed by atoms with Crippen LogP contribution in [-0.4, -0.2) is 64.2 Å². The second kappa shape index (κ2) is 11.4. The van der Waals surface area contributed by atoms with E-state index in [0.717, 1.165) is 51.6 Å². The summed E-state index contributed by atoms with van der Waals surface area (Å²) in [6, 6.07) is 26.5. The van der Waals surface area contributed by atoms with Gasteiger partial charge in [-0.15, -0.1) is 0 Å². The minimum atomic E-state index is 0.824. The van der Waals surface area contributed by atoms with E-state index >= 15 is 0 Å². The molecular weight excluding hydrogens is 420 g/mol. The van der Waals surface area contributed by atoms with Gasteiger partial charge in [0.25, 0.3) is 0 Å². The van der Waals surface area contributed by atoms with Gasteiger partial charge in [0.15, 0.2) is 0 Å². The van der Waals surface area contributed by atoms with Crippen LogP contribution in [-0.2, 0) is 19.6 Å². The first-order valence-corrected chi connectivity index (χ1v) is 12.1. The highest BCUT2D eigenvalue weighted by molar-refractivity contribution is 5.51. The van der Waals surface area contributed by atoms with E-state index in [4.69, 9.17) is 4.74 Å². The van der Waals surface area contributed by atoms with Crippen LogP contribution in [0.25, 0.3) is 0 Å². The molecule has 1 saturated heterocycles. The summed E-state index contributed by atoms with van der Waals surface area (Å²) in [5.41, 5.74) is 6.44. The third kappa shape index (κ3) is 6.52. The number of ether oxygens (including phenoxy) is 1. The molecule has 3 aromatic carbocycles. The monoisotopic (exact) mass is 458 g/mol. The lowest BCUT2D eigenvalue weighted by molar-refractivity contribution is 0.313. The number of hydrogen-bond donors (Lipinski definition) is 0. The highest BCUT2D eigenvalue weighted by Crippen LogP contribution is 2.24. The number of hydrogen-bond acceptors (Lipinski definition) is 5. The summed E-state index contributed by atoms with van der Waals surface area (Å²) in [4.78, 5) is 9.52. The minimum Gasteiger partial charge on any atom is -0.497 e. The fourth-order valence-corrected chi connectivity index (χ4v) is 4.50. The second-order valence-electron chi connectivity index (χ2n) is 9.57. The maximum absolute atomic E-state index is 5.46. The number of piperazine rings is 1. The van der Waals surface area contributed by atoms with E-state index < -0.39 is 0 Å². The number of methoxy groups -OCH3 is 1. The zero-order chi connectivity index (χ0) is 23.9. The summed E-state index contributed by atoms with van der Waals surface area (Å²) >= 11 is 0. The third-order valence-corrected chi connectivity index (χ3v) is 6.49. The van der Waals surface area contributed by atoms with Crippen LogP contribution in [0.15, 0.2) is 72.8 Å². The van der Waals surface area contributed by atoms with Gasteiger partial charge in [0.2, 0.25) is 0 Å². The fourth-order valence-electron chi connectivity index (χ4n) is 4.50. The maximum atomic E-state index is 5.46. The van der Waals surface area contributed by atoms with Crippen molar-refractivity contribution >= 4 is 11.4 Å². The largest absolute Gasteiger partial charge is 0.497 e. The van der Waals surface area contributed by atoms with E-state index in [1.807, 2.05) is 6.07 Å². The van der Waals surface area contributed by atoms with Crippen molar-refractivity contribution in [2.75, 3.05) is 64.2 Å². The van der Waals surface area contributed by atoms with Crippen molar-refractivity contribution in [3.05, 3.63) is 89.5 Å². The molecule has 0 radical (unpaired) electrons. The average Bonchev–Trinajstić information content (AvgIpc) is 2.85. The molecule has 5 nitrogen and oxygen atoms in total. The van der Waals surface area contributed by atoms with Crippen LogP contribution < -0.4 is 14.5 Å². The lowest BCUT2D eigenvalue weighted by Gasteiger charge is -2.34. The maximum Gasteiger partial charge on any atom is 0.119 e. The minimum absolute atomic E-state index is 0.824. The van der Waals surface area contributed by atoms with Crippen LogP contribution in [0, 0.1) is 0 Å². The van der Waals surface area contributed by atoms with Crippen molar-refractivity contribution in [2.45, 2.75) is 19.6 Å². The lowest BCUT2D eigenvalue weighted by atomic mass is 10.1. The highest BCUT2D eigenvalue weighted by Gasteiger charge is 2.15. The molecule has 0 atom stereocenters. The van der Waals surface area contributed by atoms with Gasteiger partial charge < -0.3 is 24.3 Å². The SMILES string of the molecule is COc1cccc(CN(Cc2ccc(N3CCN(C)CC3)cc2)c2ccc(CN(C)C)cc2)c1. The summed E-state index contributed by atoms with van der Waals surface area (Å²) in [5, 5.41) is 0. The number of benzene rings is 3. The Morgan fingerprint density at radius 3 is 2.00 bits per heavy atom. The number of rotatable bonds is 9. The molecule has 180 valence electrons. The Hall–Kier alpha value is -3.02. The zero-order valence-electron chi connectivity index (χ0n) is 21.1. The van der Waals surface area contributed by atoms with Crippen LogP contribution in [0.3, 0.4) is 0 Å². The van der Waals surface area contributed by atoms with E-state index in [-0.39, 0.29) is 0 Å². The number of anilines is 2. The quantitative estimate of drug-likeness (QED) is 0.462. The molecule has 0 aliphatic carbocycles. The van der Waals surface area contributed by atoms with Gasteiger partial charge in [-0.2, -0.15) is 0 Å². The van der Waals surface area contributed by atoms with Gasteiger partial charge in [0.1, 0.15) is 5.75 Å². The Morgan fingerprint density at radius 2 is 1.35 bits per heavy atom. The Balaban J connectivity index is 1.52. The van der Waals surface area contributed by atoms with Crippen LogP contribution >= 0.6 is 0 Å². The van der Waals surface area contributed by atoms with Crippen LogP contribution in [0.1, 0.15) is 16.7 Å². The van der Waals surface area contributed by atoms with Crippen molar-refractivity contribution in [3.8, 4) is 5.75 Å². The van der Waals surface area contributed by atoms with E-state index in [9.17, 15) is 0 Å². The van der Waals surface area contributed by atoms with Crippen molar-refractivity contribution in [1.82, 2.24) is 9.80 Å². The van der Waals surface area contributed by atoms with Gasteiger partial charge in [-0.05, 0) is 74.2 Å². The molecule has 0 spiro atoms. The summed E-state index contributed by atoms with van der Waals surface area (Å²) in [5.74, 6) is 0.898. The van der Waals surface area contributed by atoms with Gasteiger partial charge in [-0.3, -0.25) is 0 Å². The first-order chi connectivity index (χ1) is 16.5. The van der Waals surface area contributed by atoms with Crippen molar-refractivity contribution in [2.24, 2.45) is 0 Å². The smallest absolute Gasteiger partial charge is 0.119 e. The molecule has 1 aliphatic rings. The Bertz CT molecular complexity index is 1020. The van der Waals surface area contributed by atoms with Gasteiger partial charge in [-0.25, -0.2) is 0 Å². The van der Waals surface area contributed by atoms with E-state index in [1.165, 1.54) is 28.1 Å².